The zero-order valence-electron chi connectivity index (χ0n) is 16.7. The molecule has 1 rings (SSSR count). The molecule has 0 aliphatic carbocycles. The molecule has 0 radical (unpaired) electrons. The minimum absolute atomic E-state index is 0.0562. The maximum absolute atomic E-state index is 12.2. The van der Waals surface area contributed by atoms with Gasteiger partial charge in [-0.15, -0.1) is 0 Å². The van der Waals surface area contributed by atoms with E-state index in [9.17, 15) is 14.7 Å². The first-order valence-corrected chi connectivity index (χ1v) is 10.3. The average molecular weight is 377 g/mol. The molecule has 4 N–H and O–H groups in total. The van der Waals surface area contributed by atoms with Crippen LogP contribution in [0.3, 0.4) is 0 Å². The van der Waals surface area contributed by atoms with Gasteiger partial charge in [-0.05, 0) is 31.2 Å². The van der Waals surface area contributed by atoms with Gasteiger partial charge in [-0.25, -0.2) is 0 Å². The van der Waals surface area contributed by atoms with Gasteiger partial charge in [-0.3, -0.25) is 9.59 Å². The zero-order chi connectivity index (χ0) is 19.9. The summed E-state index contributed by atoms with van der Waals surface area (Å²) in [5.41, 5.74) is 6.61. The fourth-order valence-electron chi connectivity index (χ4n) is 3.35. The molecule has 0 fully saturated rings. The fraction of sp³-hybridized carbons (Fsp3) is 0.636. The van der Waals surface area contributed by atoms with E-state index in [4.69, 9.17) is 5.73 Å². The Labute approximate surface area is 163 Å². The van der Waals surface area contributed by atoms with Crippen LogP contribution in [-0.2, 0) is 16.0 Å². The first-order valence-electron chi connectivity index (χ1n) is 10.3. The van der Waals surface area contributed by atoms with E-state index in [-0.39, 0.29) is 24.9 Å². The summed E-state index contributed by atoms with van der Waals surface area (Å²) in [5, 5.41) is 12.7. The molecule has 0 saturated carbocycles. The smallest absolute Gasteiger partial charge is 0.220 e. The predicted octanol–water partition coefficient (Wildman–Crippen LogP) is 3.34. The lowest BCUT2D eigenvalue weighted by Crippen LogP contribution is -2.44. The number of nitrogens with one attached hydrogen (secondary N) is 1. The van der Waals surface area contributed by atoms with Gasteiger partial charge in [0.2, 0.25) is 11.8 Å². The molecule has 0 saturated heterocycles. The van der Waals surface area contributed by atoms with E-state index in [1.807, 2.05) is 18.2 Å². The summed E-state index contributed by atoms with van der Waals surface area (Å²) >= 11 is 0. The molecule has 5 heteroatoms. The van der Waals surface area contributed by atoms with E-state index in [0.29, 0.717) is 6.42 Å². The Kier molecular flexibility index (Phi) is 12.2. The third-order valence-electron chi connectivity index (χ3n) is 4.96. The van der Waals surface area contributed by atoms with Crippen LogP contribution >= 0.6 is 0 Å². The number of primary amides is 1. The van der Waals surface area contributed by atoms with E-state index in [1.54, 1.807) is 0 Å². The van der Waals surface area contributed by atoms with Gasteiger partial charge in [0.05, 0.1) is 0 Å². The highest BCUT2D eigenvalue weighted by atomic mass is 16.3. The van der Waals surface area contributed by atoms with Crippen molar-refractivity contribution in [1.82, 2.24) is 5.32 Å². The van der Waals surface area contributed by atoms with Gasteiger partial charge < -0.3 is 16.2 Å². The number of nitrogens with two attached hydrogens (primary N) is 1. The molecule has 2 atom stereocenters. The number of aliphatic hydroxyl groups is 1. The van der Waals surface area contributed by atoms with Gasteiger partial charge in [-0.1, -0.05) is 62.9 Å². The van der Waals surface area contributed by atoms with Crippen molar-refractivity contribution < 1.29 is 14.7 Å². The Balaban J connectivity index is 2.47. The number of carbonyl (C=O) groups excluding carboxylic acids is 2. The Bertz CT molecular complexity index is 534. The van der Waals surface area contributed by atoms with Gasteiger partial charge in [0.25, 0.3) is 0 Å². The van der Waals surface area contributed by atoms with E-state index >= 15 is 0 Å². The van der Waals surface area contributed by atoms with E-state index in [0.717, 1.165) is 38.5 Å². The highest BCUT2D eigenvalue weighted by Gasteiger charge is 2.24. The number of rotatable bonds is 15. The Hall–Kier alpha value is -1.88. The Morgan fingerprint density at radius 3 is 2.41 bits per heavy atom. The number of aliphatic hydroxyl groups excluding tert-OH is 1. The van der Waals surface area contributed by atoms with Crippen LogP contribution < -0.4 is 11.1 Å². The van der Waals surface area contributed by atoms with Gasteiger partial charge >= 0.3 is 0 Å². The van der Waals surface area contributed by atoms with Gasteiger partial charge in [0, 0.05) is 31.4 Å². The average Bonchev–Trinajstić information content (AvgIpc) is 2.65. The summed E-state index contributed by atoms with van der Waals surface area (Å²) in [7, 11) is 0. The molecule has 152 valence electrons. The fourth-order valence-corrected chi connectivity index (χ4v) is 3.35. The third kappa shape index (κ3) is 10.8. The molecular weight excluding hydrogens is 340 g/mol. The second-order valence-electron chi connectivity index (χ2n) is 7.33. The van der Waals surface area contributed by atoms with Crippen molar-refractivity contribution in [2.24, 2.45) is 11.7 Å². The monoisotopic (exact) mass is 376 g/mol. The van der Waals surface area contributed by atoms with E-state index < -0.39 is 11.9 Å². The highest BCUT2D eigenvalue weighted by molar-refractivity contribution is 5.78. The molecule has 1 unspecified atom stereocenters. The second kappa shape index (κ2) is 14.2. The van der Waals surface area contributed by atoms with Crippen LogP contribution in [-0.4, -0.2) is 29.6 Å². The van der Waals surface area contributed by atoms with Crippen LogP contribution in [0.4, 0.5) is 0 Å². The lowest BCUT2D eigenvalue weighted by atomic mass is 9.91. The number of unbranched alkanes of at least 4 members (excludes halogenated alkanes) is 4. The molecule has 0 aromatic heterocycles. The van der Waals surface area contributed by atoms with Crippen LogP contribution in [0.1, 0.15) is 70.3 Å². The lowest BCUT2D eigenvalue weighted by Gasteiger charge is -2.26. The van der Waals surface area contributed by atoms with Gasteiger partial charge in [0.15, 0.2) is 0 Å². The molecule has 5 nitrogen and oxygen atoms in total. The lowest BCUT2D eigenvalue weighted by molar-refractivity contribution is -0.123. The number of hydrogen-bond acceptors (Lipinski definition) is 3. The molecule has 0 bridgehead atoms. The summed E-state index contributed by atoms with van der Waals surface area (Å²) < 4.78 is 0. The quantitative estimate of drug-likeness (QED) is 0.410. The maximum atomic E-state index is 12.2. The molecule has 0 spiro atoms. The Morgan fingerprint density at radius 2 is 1.78 bits per heavy atom. The SMILES string of the molecule is CCCCCCCC(=O)N[C@H](CC(N)=O)C(CO)CCCc1ccccc1. The number of amides is 2. The number of hydrogen-bond donors (Lipinski definition) is 3. The van der Waals surface area contributed by atoms with Crippen LogP contribution in [0.2, 0.25) is 0 Å². The molecular formula is C22H36N2O3. The van der Waals surface area contributed by atoms with Crippen molar-refractivity contribution in [2.75, 3.05) is 6.61 Å². The third-order valence-corrected chi connectivity index (χ3v) is 4.96. The van der Waals surface area contributed by atoms with Crippen molar-refractivity contribution in [3.05, 3.63) is 35.9 Å². The van der Waals surface area contributed by atoms with Crippen LogP contribution in [0, 0.1) is 5.92 Å². The first kappa shape index (κ1) is 23.2. The summed E-state index contributed by atoms with van der Waals surface area (Å²) in [6.07, 6.45) is 8.47. The van der Waals surface area contributed by atoms with Crippen LogP contribution in [0.25, 0.3) is 0 Å². The Morgan fingerprint density at radius 1 is 1.07 bits per heavy atom. The van der Waals surface area contributed by atoms with Crippen molar-refractivity contribution in [2.45, 2.75) is 77.2 Å². The number of benzene rings is 1. The highest BCUT2D eigenvalue weighted by Crippen LogP contribution is 2.17. The zero-order valence-corrected chi connectivity index (χ0v) is 16.7. The molecule has 1 aromatic carbocycles. The van der Waals surface area contributed by atoms with Crippen LogP contribution in [0.15, 0.2) is 30.3 Å². The molecule has 2 amide bonds. The topological polar surface area (TPSA) is 92.4 Å². The number of carbonyl (C=O) groups is 2. The van der Waals surface area contributed by atoms with Crippen molar-refractivity contribution in [3.8, 4) is 0 Å². The summed E-state index contributed by atoms with van der Waals surface area (Å²) in [6.45, 7) is 2.09. The molecule has 1 aromatic rings. The van der Waals surface area contributed by atoms with Crippen molar-refractivity contribution in [1.29, 1.82) is 0 Å². The van der Waals surface area contributed by atoms with Gasteiger partial charge in [0.1, 0.15) is 0 Å². The van der Waals surface area contributed by atoms with Crippen LogP contribution in [0.5, 0.6) is 0 Å². The summed E-state index contributed by atoms with van der Waals surface area (Å²) in [6, 6.07) is 9.77. The predicted molar refractivity (Wildman–Crippen MR) is 109 cm³/mol. The van der Waals surface area contributed by atoms with E-state index in [1.165, 1.54) is 18.4 Å². The summed E-state index contributed by atoms with van der Waals surface area (Å²) in [4.78, 5) is 23.7. The number of aryl methyl sites for hydroxylation is 1. The standard InChI is InChI=1S/C22H36N2O3/c1-2-3-4-5-9-15-22(27)24-20(16-21(23)26)19(17-25)14-10-13-18-11-7-6-8-12-18/h6-8,11-12,19-20,25H,2-5,9-10,13-17H2,1H3,(H2,23,26)(H,24,27)/t19?,20-/m1/s1. The molecule has 27 heavy (non-hydrogen) atoms. The normalized spacial score (nSPS) is 13.1. The van der Waals surface area contributed by atoms with Crippen molar-refractivity contribution in [3.63, 3.8) is 0 Å². The van der Waals surface area contributed by atoms with Gasteiger partial charge in [-0.2, -0.15) is 0 Å². The second-order valence-corrected chi connectivity index (χ2v) is 7.33. The minimum Gasteiger partial charge on any atom is -0.396 e. The maximum Gasteiger partial charge on any atom is 0.220 e. The largest absolute Gasteiger partial charge is 0.396 e. The molecule has 0 aliphatic rings. The summed E-state index contributed by atoms with van der Waals surface area (Å²) in [5.74, 6) is -0.672. The van der Waals surface area contributed by atoms with E-state index in [2.05, 4.69) is 24.4 Å². The molecule has 0 aliphatic heterocycles. The molecule has 0 heterocycles. The first-order chi connectivity index (χ1) is 13.1. The minimum atomic E-state index is -0.454. The van der Waals surface area contributed by atoms with Crippen molar-refractivity contribution >= 4 is 11.8 Å².